The summed E-state index contributed by atoms with van der Waals surface area (Å²) < 4.78 is 4.75. The maximum absolute atomic E-state index is 11.7. The van der Waals surface area contributed by atoms with Crippen LogP contribution in [-0.4, -0.2) is 22.7 Å². The number of aromatic hydroxyl groups is 1. The fraction of sp³-hybridized carbons (Fsp3) is 0.273. The van der Waals surface area contributed by atoms with Crippen molar-refractivity contribution >= 4 is 17.7 Å². The highest BCUT2D eigenvalue weighted by Crippen LogP contribution is 2.34. The first kappa shape index (κ1) is 11.8. The summed E-state index contributed by atoms with van der Waals surface area (Å²) in [5.41, 5.74) is 0.351. The third-order valence-corrected chi connectivity index (χ3v) is 3.39. The van der Waals surface area contributed by atoms with E-state index in [2.05, 4.69) is 11.6 Å². The van der Waals surface area contributed by atoms with Crippen LogP contribution in [0.3, 0.4) is 0 Å². The molecule has 0 aromatic carbocycles. The minimum absolute atomic E-state index is 0.00352. The van der Waals surface area contributed by atoms with Crippen molar-refractivity contribution in [2.45, 2.75) is 11.5 Å². The number of ether oxygens (including phenoxy) is 1. The normalized spacial score (nSPS) is 13.2. The molecule has 0 bridgehead atoms. The smallest absolute Gasteiger partial charge is 0.347 e. The highest BCUT2D eigenvalue weighted by molar-refractivity contribution is 7.98. The lowest BCUT2D eigenvalue weighted by molar-refractivity contribution is 0.0544. The number of H-pyrrole nitrogens is 1. The lowest BCUT2D eigenvalue weighted by atomic mass is 10.1. The summed E-state index contributed by atoms with van der Waals surface area (Å²) in [6, 6.07) is 0. The van der Waals surface area contributed by atoms with Crippen molar-refractivity contribution in [2.24, 2.45) is 0 Å². The van der Waals surface area contributed by atoms with E-state index in [1.807, 2.05) is 0 Å². The number of pyridine rings is 1. The second kappa shape index (κ2) is 4.67. The van der Waals surface area contributed by atoms with Gasteiger partial charge in [0.2, 0.25) is 0 Å². The van der Waals surface area contributed by atoms with E-state index >= 15 is 0 Å². The molecule has 1 aliphatic rings. The summed E-state index contributed by atoms with van der Waals surface area (Å²) in [7, 11) is 0. The molecule has 1 aromatic heterocycles. The van der Waals surface area contributed by atoms with Crippen molar-refractivity contribution in [3.05, 3.63) is 39.8 Å². The number of carbonyl (C=O) groups excluding carboxylic acids is 1. The lowest BCUT2D eigenvalue weighted by Crippen LogP contribution is -2.21. The Balaban J connectivity index is 2.44. The molecule has 0 aliphatic carbocycles. The first-order chi connectivity index (χ1) is 8.15. The van der Waals surface area contributed by atoms with Gasteiger partial charge in [0.1, 0.15) is 12.4 Å². The summed E-state index contributed by atoms with van der Waals surface area (Å²) in [6.45, 7) is 3.40. The van der Waals surface area contributed by atoms with Gasteiger partial charge in [-0.05, 0) is 0 Å². The van der Waals surface area contributed by atoms with Gasteiger partial charge in [-0.15, -0.1) is 0 Å². The van der Waals surface area contributed by atoms with Crippen LogP contribution >= 0.6 is 11.8 Å². The monoisotopic (exact) mass is 253 g/mol. The number of hydrogen-bond acceptors (Lipinski definition) is 5. The Morgan fingerprint density at radius 1 is 1.59 bits per heavy atom. The molecule has 0 fully saturated rings. The average molecular weight is 253 g/mol. The number of fused-ring (bicyclic) bond motifs is 1. The van der Waals surface area contributed by atoms with Gasteiger partial charge < -0.3 is 14.8 Å². The number of carbonyl (C=O) groups is 1. The van der Waals surface area contributed by atoms with E-state index < -0.39 is 11.5 Å². The molecular weight excluding hydrogens is 242 g/mol. The Bertz CT molecular complexity index is 535. The van der Waals surface area contributed by atoms with Crippen LogP contribution in [0.1, 0.15) is 21.6 Å². The fourth-order valence-corrected chi connectivity index (χ4v) is 2.67. The SMILES string of the molecule is C=CCOC(=O)c1c(O)c2c([nH]c1=O)CSC2. The molecule has 0 unspecified atom stereocenters. The molecule has 0 atom stereocenters. The van der Waals surface area contributed by atoms with Crippen LogP contribution in [0, 0.1) is 0 Å². The Kier molecular flexibility index (Phi) is 3.23. The average Bonchev–Trinajstić information content (AvgIpc) is 2.74. The van der Waals surface area contributed by atoms with Crippen LogP contribution in [0.2, 0.25) is 0 Å². The zero-order chi connectivity index (χ0) is 12.4. The van der Waals surface area contributed by atoms with Crippen LogP contribution < -0.4 is 5.56 Å². The minimum atomic E-state index is -0.830. The van der Waals surface area contributed by atoms with Gasteiger partial charge in [-0.25, -0.2) is 4.79 Å². The fourth-order valence-electron chi connectivity index (χ4n) is 1.61. The molecule has 2 rings (SSSR count). The molecule has 6 heteroatoms. The van der Waals surface area contributed by atoms with Crippen molar-refractivity contribution in [1.29, 1.82) is 0 Å². The maximum Gasteiger partial charge on any atom is 0.347 e. The predicted octanol–water partition coefficient (Wildman–Crippen LogP) is 1.17. The van der Waals surface area contributed by atoms with E-state index in [1.165, 1.54) is 6.08 Å². The third kappa shape index (κ3) is 2.08. The van der Waals surface area contributed by atoms with Gasteiger partial charge in [-0.1, -0.05) is 12.7 Å². The number of rotatable bonds is 3. The van der Waals surface area contributed by atoms with Crippen LogP contribution in [0.4, 0.5) is 0 Å². The number of thioether (sulfide) groups is 1. The van der Waals surface area contributed by atoms with E-state index in [0.717, 1.165) is 0 Å². The first-order valence-corrected chi connectivity index (χ1v) is 6.13. The summed E-state index contributed by atoms with van der Waals surface area (Å²) in [5, 5.41) is 9.90. The number of aromatic amines is 1. The second-order valence-corrected chi connectivity index (χ2v) is 4.50. The van der Waals surface area contributed by atoms with Gasteiger partial charge in [0.05, 0.1) is 0 Å². The van der Waals surface area contributed by atoms with E-state index in [4.69, 9.17) is 4.74 Å². The van der Waals surface area contributed by atoms with Gasteiger partial charge in [0.15, 0.2) is 5.56 Å². The summed E-state index contributed by atoms with van der Waals surface area (Å²) in [6.07, 6.45) is 1.40. The van der Waals surface area contributed by atoms with Gasteiger partial charge in [-0.2, -0.15) is 11.8 Å². The molecule has 0 amide bonds. The van der Waals surface area contributed by atoms with Gasteiger partial charge >= 0.3 is 5.97 Å². The van der Waals surface area contributed by atoms with Crippen molar-refractivity contribution in [3.63, 3.8) is 0 Å². The molecule has 90 valence electrons. The number of hydrogen-bond donors (Lipinski definition) is 2. The zero-order valence-corrected chi connectivity index (χ0v) is 9.80. The van der Waals surface area contributed by atoms with E-state index in [0.29, 0.717) is 22.8 Å². The number of esters is 1. The van der Waals surface area contributed by atoms with Crippen molar-refractivity contribution in [2.75, 3.05) is 6.61 Å². The first-order valence-electron chi connectivity index (χ1n) is 4.98. The Labute approximate surface area is 101 Å². The Morgan fingerprint density at radius 2 is 2.35 bits per heavy atom. The van der Waals surface area contributed by atoms with E-state index in [1.54, 1.807) is 11.8 Å². The third-order valence-electron chi connectivity index (χ3n) is 2.41. The molecule has 2 N–H and O–H groups in total. The van der Waals surface area contributed by atoms with Crippen molar-refractivity contribution < 1.29 is 14.6 Å². The molecule has 1 aliphatic heterocycles. The highest BCUT2D eigenvalue weighted by Gasteiger charge is 2.25. The molecule has 2 heterocycles. The Hall–Kier alpha value is -1.69. The van der Waals surface area contributed by atoms with E-state index in [-0.39, 0.29) is 17.9 Å². The van der Waals surface area contributed by atoms with Crippen LogP contribution in [0.15, 0.2) is 17.4 Å². The molecule has 0 saturated heterocycles. The summed E-state index contributed by atoms with van der Waals surface area (Å²) in [4.78, 5) is 25.8. The largest absolute Gasteiger partial charge is 0.506 e. The van der Waals surface area contributed by atoms with Crippen molar-refractivity contribution in [1.82, 2.24) is 4.98 Å². The molecule has 5 nitrogen and oxygen atoms in total. The molecule has 1 aromatic rings. The van der Waals surface area contributed by atoms with Crippen LogP contribution in [0.25, 0.3) is 0 Å². The quantitative estimate of drug-likeness (QED) is 0.624. The second-order valence-electron chi connectivity index (χ2n) is 3.51. The molecule has 0 spiro atoms. The summed E-state index contributed by atoms with van der Waals surface area (Å²) in [5.74, 6) is 0.131. The zero-order valence-electron chi connectivity index (χ0n) is 8.99. The van der Waals surface area contributed by atoms with E-state index in [9.17, 15) is 14.7 Å². The predicted molar refractivity (Wildman–Crippen MR) is 64.2 cm³/mol. The van der Waals surface area contributed by atoms with Crippen LogP contribution in [-0.2, 0) is 16.2 Å². The standard InChI is InChI=1S/C11H11NO4S/c1-2-3-16-11(15)8-9(13)6-4-17-5-7(6)12-10(8)14/h2H,1,3-5H2,(H2,12,13,14). The number of aromatic nitrogens is 1. The van der Waals surface area contributed by atoms with Crippen molar-refractivity contribution in [3.8, 4) is 5.75 Å². The molecule has 0 saturated carbocycles. The molecule has 0 radical (unpaired) electrons. The van der Waals surface area contributed by atoms with Gasteiger partial charge in [-0.3, -0.25) is 4.79 Å². The number of nitrogens with one attached hydrogen (secondary N) is 1. The van der Waals surface area contributed by atoms with Crippen LogP contribution in [0.5, 0.6) is 5.75 Å². The van der Waals surface area contributed by atoms with Gasteiger partial charge in [0, 0.05) is 22.8 Å². The highest BCUT2D eigenvalue weighted by atomic mass is 32.2. The lowest BCUT2D eigenvalue weighted by Gasteiger charge is -2.07. The summed E-state index contributed by atoms with van der Waals surface area (Å²) >= 11 is 1.57. The minimum Gasteiger partial charge on any atom is -0.506 e. The van der Waals surface area contributed by atoms with Gasteiger partial charge in [0.25, 0.3) is 5.56 Å². The maximum atomic E-state index is 11.7. The Morgan fingerprint density at radius 3 is 3.06 bits per heavy atom. The molecule has 17 heavy (non-hydrogen) atoms. The molecular formula is C11H11NO4S. The topological polar surface area (TPSA) is 79.4 Å².